The van der Waals surface area contributed by atoms with Crippen molar-refractivity contribution in [3.63, 3.8) is 0 Å². The van der Waals surface area contributed by atoms with E-state index in [-0.39, 0.29) is 29.9 Å². The van der Waals surface area contributed by atoms with E-state index in [9.17, 15) is 4.79 Å². The van der Waals surface area contributed by atoms with Crippen LogP contribution in [0.3, 0.4) is 0 Å². The number of halogens is 1. The molecule has 25 heavy (non-hydrogen) atoms. The molecule has 1 saturated heterocycles. The van der Waals surface area contributed by atoms with Gasteiger partial charge < -0.3 is 15.1 Å². The van der Waals surface area contributed by atoms with Gasteiger partial charge in [-0.15, -0.1) is 35.7 Å². The van der Waals surface area contributed by atoms with Gasteiger partial charge in [-0.05, 0) is 24.5 Å². The van der Waals surface area contributed by atoms with Crippen LogP contribution < -0.4 is 5.32 Å². The minimum Gasteiger partial charge on any atom is -0.356 e. The third-order valence-electron chi connectivity index (χ3n) is 4.15. The number of nitrogens with one attached hydrogen (secondary N) is 1. The van der Waals surface area contributed by atoms with Crippen molar-refractivity contribution >= 4 is 47.6 Å². The zero-order valence-electron chi connectivity index (χ0n) is 15.3. The second-order valence-corrected chi connectivity index (χ2v) is 7.33. The SMILES string of the molecule is CN=C(NCCC(=O)N(C)C)N1CCC(CSc2ccccc2)C1.I. The van der Waals surface area contributed by atoms with Crippen molar-refractivity contribution in [2.45, 2.75) is 17.7 Å². The number of carbonyl (C=O) groups excluding carboxylic acids is 1. The Bertz CT molecular complexity index is 553. The lowest BCUT2D eigenvalue weighted by molar-refractivity contribution is -0.128. The first-order chi connectivity index (χ1) is 11.6. The highest BCUT2D eigenvalue weighted by Gasteiger charge is 2.24. The maximum Gasteiger partial charge on any atom is 0.223 e. The molecule has 5 nitrogen and oxygen atoms in total. The molecule has 7 heteroatoms. The number of nitrogens with zero attached hydrogens (tertiary/aromatic N) is 3. The molecule has 1 unspecified atom stereocenters. The number of benzene rings is 1. The van der Waals surface area contributed by atoms with Gasteiger partial charge in [0.05, 0.1) is 0 Å². The average Bonchev–Trinajstić information content (AvgIpc) is 3.06. The van der Waals surface area contributed by atoms with Crippen molar-refractivity contribution in [1.82, 2.24) is 15.1 Å². The molecule has 1 aromatic carbocycles. The number of likely N-dealkylation sites (tertiary alicyclic amines) is 1. The molecule has 0 spiro atoms. The molecule has 0 radical (unpaired) electrons. The third kappa shape index (κ3) is 7.43. The quantitative estimate of drug-likeness (QED) is 0.297. The van der Waals surface area contributed by atoms with Crippen molar-refractivity contribution in [2.24, 2.45) is 10.9 Å². The molecule has 1 aromatic rings. The number of hydrogen-bond acceptors (Lipinski definition) is 3. The minimum absolute atomic E-state index is 0. The van der Waals surface area contributed by atoms with Crippen molar-refractivity contribution in [2.75, 3.05) is 46.5 Å². The van der Waals surface area contributed by atoms with E-state index in [1.54, 1.807) is 19.0 Å². The summed E-state index contributed by atoms with van der Waals surface area (Å²) in [4.78, 5) is 21.3. The van der Waals surface area contributed by atoms with Gasteiger partial charge in [-0.1, -0.05) is 18.2 Å². The fourth-order valence-electron chi connectivity index (χ4n) is 2.73. The van der Waals surface area contributed by atoms with Crippen LogP contribution in [-0.2, 0) is 4.79 Å². The van der Waals surface area contributed by atoms with Gasteiger partial charge >= 0.3 is 0 Å². The van der Waals surface area contributed by atoms with Crippen LogP contribution in [0.1, 0.15) is 12.8 Å². The molecular formula is C18H29IN4OS. The lowest BCUT2D eigenvalue weighted by atomic mass is 10.2. The first-order valence-corrected chi connectivity index (χ1v) is 9.42. The van der Waals surface area contributed by atoms with Gasteiger partial charge in [-0.3, -0.25) is 9.79 Å². The highest BCUT2D eigenvalue weighted by molar-refractivity contribution is 14.0. The Hall–Kier alpha value is -0.960. The van der Waals surface area contributed by atoms with Crippen molar-refractivity contribution < 1.29 is 4.79 Å². The van der Waals surface area contributed by atoms with E-state index in [0.717, 1.165) is 24.8 Å². The van der Waals surface area contributed by atoms with E-state index in [1.165, 1.54) is 11.3 Å². The van der Waals surface area contributed by atoms with Gasteiger partial charge in [0.15, 0.2) is 5.96 Å². The van der Waals surface area contributed by atoms with Crippen LogP contribution in [0.2, 0.25) is 0 Å². The molecule has 0 saturated carbocycles. The summed E-state index contributed by atoms with van der Waals surface area (Å²) in [6.45, 7) is 2.69. The van der Waals surface area contributed by atoms with E-state index in [0.29, 0.717) is 18.9 Å². The Kier molecular flexibility index (Phi) is 10.3. The topological polar surface area (TPSA) is 47.9 Å². The molecule has 1 atom stereocenters. The van der Waals surface area contributed by atoms with Crippen LogP contribution in [0.4, 0.5) is 0 Å². The van der Waals surface area contributed by atoms with E-state index in [4.69, 9.17) is 0 Å². The molecule has 0 bridgehead atoms. The van der Waals surface area contributed by atoms with Gasteiger partial charge in [0.2, 0.25) is 5.91 Å². The number of carbonyl (C=O) groups is 1. The Morgan fingerprint density at radius 2 is 2.08 bits per heavy atom. The maximum atomic E-state index is 11.6. The molecule has 1 aliphatic rings. The molecule has 1 N–H and O–H groups in total. The third-order valence-corrected chi connectivity index (χ3v) is 5.39. The van der Waals surface area contributed by atoms with Crippen LogP contribution in [-0.4, -0.2) is 68.2 Å². The number of aliphatic imine (C=N–C) groups is 1. The van der Waals surface area contributed by atoms with Crippen LogP contribution in [0.25, 0.3) is 0 Å². The van der Waals surface area contributed by atoms with E-state index in [2.05, 4.69) is 45.5 Å². The summed E-state index contributed by atoms with van der Waals surface area (Å²) in [5.74, 6) is 2.86. The first kappa shape index (κ1) is 22.1. The zero-order valence-corrected chi connectivity index (χ0v) is 18.4. The molecule has 0 aliphatic carbocycles. The fourth-order valence-corrected chi connectivity index (χ4v) is 3.78. The molecule has 1 fully saturated rings. The van der Waals surface area contributed by atoms with Crippen LogP contribution in [0.5, 0.6) is 0 Å². The summed E-state index contributed by atoms with van der Waals surface area (Å²) in [6, 6.07) is 10.6. The molecule has 1 aliphatic heterocycles. The predicted molar refractivity (Wildman–Crippen MR) is 117 cm³/mol. The van der Waals surface area contributed by atoms with Gasteiger partial charge in [-0.25, -0.2) is 0 Å². The van der Waals surface area contributed by atoms with Gasteiger partial charge in [0.25, 0.3) is 0 Å². The molecule has 2 rings (SSSR count). The van der Waals surface area contributed by atoms with Gasteiger partial charge in [0, 0.05) is 57.8 Å². The Balaban J connectivity index is 0.00000312. The number of hydrogen-bond donors (Lipinski definition) is 1. The van der Waals surface area contributed by atoms with Gasteiger partial charge in [0.1, 0.15) is 0 Å². The first-order valence-electron chi connectivity index (χ1n) is 8.43. The van der Waals surface area contributed by atoms with Crippen LogP contribution in [0.15, 0.2) is 40.2 Å². The van der Waals surface area contributed by atoms with Crippen molar-refractivity contribution in [3.05, 3.63) is 30.3 Å². The van der Waals surface area contributed by atoms with E-state index < -0.39 is 0 Å². The second-order valence-electron chi connectivity index (χ2n) is 6.24. The smallest absolute Gasteiger partial charge is 0.223 e. The van der Waals surface area contributed by atoms with Crippen molar-refractivity contribution in [3.8, 4) is 0 Å². The second kappa shape index (κ2) is 11.6. The van der Waals surface area contributed by atoms with E-state index in [1.807, 2.05) is 18.8 Å². The molecule has 140 valence electrons. The summed E-state index contributed by atoms with van der Waals surface area (Å²) < 4.78 is 0. The zero-order chi connectivity index (χ0) is 17.4. The Morgan fingerprint density at radius 1 is 1.36 bits per heavy atom. The lowest BCUT2D eigenvalue weighted by Crippen LogP contribution is -2.41. The highest BCUT2D eigenvalue weighted by Crippen LogP contribution is 2.25. The molecule has 1 heterocycles. The maximum absolute atomic E-state index is 11.6. The summed E-state index contributed by atoms with van der Waals surface area (Å²) >= 11 is 1.93. The lowest BCUT2D eigenvalue weighted by Gasteiger charge is -2.22. The molecule has 0 aromatic heterocycles. The fraction of sp³-hybridized carbons (Fsp3) is 0.556. The number of amides is 1. The number of guanidine groups is 1. The standard InChI is InChI=1S/C18H28N4OS.HI/c1-19-18(20-11-9-17(23)21(2)3)22-12-10-15(13-22)14-24-16-7-5-4-6-8-16;/h4-8,15H,9-14H2,1-3H3,(H,19,20);1H. The van der Waals surface area contributed by atoms with Gasteiger partial charge in [-0.2, -0.15) is 0 Å². The Labute approximate surface area is 172 Å². The molecule has 1 amide bonds. The van der Waals surface area contributed by atoms with Crippen LogP contribution in [0, 0.1) is 5.92 Å². The minimum atomic E-state index is 0. The van der Waals surface area contributed by atoms with Crippen molar-refractivity contribution in [1.29, 1.82) is 0 Å². The largest absolute Gasteiger partial charge is 0.356 e. The average molecular weight is 476 g/mol. The predicted octanol–water partition coefficient (Wildman–Crippen LogP) is 2.77. The number of thioether (sulfide) groups is 1. The summed E-state index contributed by atoms with van der Waals surface area (Å²) in [7, 11) is 5.38. The normalized spacial score (nSPS) is 17.2. The highest BCUT2D eigenvalue weighted by atomic mass is 127. The summed E-state index contributed by atoms with van der Waals surface area (Å²) in [5.41, 5.74) is 0. The summed E-state index contributed by atoms with van der Waals surface area (Å²) in [6.07, 6.45) is 1.68. The summed E-state index contributed by atoms with van der Waals surface area (Å²) in [5, 5.41) is 3.31. The number of rotatable bonds is 6. The Morgan fingerprint density at radius 3 is 2.72 bits per heavy atom. The molecular weight excluding hydrogens is 447 g/mol. The van der Waals surface area contributed by atoms with Crippen LogP contribution >= 0.6 is 35.7 Å². The monoisotopic (exact) mass is 476 g/mol. The van der Waals surface area contributed by atoms with E-state index >= 15 is 0 Å².